The largest absolute Gasteiger partial charge is 0.504 e. The first kappa shape index (κ1) is 44.9. The van der Waals surface area contributed by atoms with E-state index in [0.29, 0.717) is 30.8 Å². The van der Waals surface area contributed by atoms with Gasteiger partial charge in [0, 0.05) is 72.3 Å². The third-order valence-electron chi connectivity index (χ3n) is 15.0. The van der Waals surface area contributed by atoms with E-state index in [1.165, 1.54) is 19.4 Å². The van der Waals surface area contributed by atoms with Crippen LogP contribution in [0.2, 0.25) is 0 Å². The van der Waals surface area contributed by atoms with Crippen molar-refractivity contribution in [2.24, 2.45) is 33.9 Å². The van der Waals surface area contributed by atoms with Gasteiger partial charge in [-0.25, -0.2) is 4.99 Å². The van der Waals surface area contributed by atoms with Gasteiger partial charge in [0.25, 0.3) is 0 Å². The molecular weight excluding hydrogens is 815 g/mol. The Hall–Kier alpha value is -2.68. The maximum absolute atomic E-state index is 12.9. The lowest BCUT2D eigenvalue weighted by molar-refractivity contribution is -0.152. The topological polar surface area (TPSA) is 211 Å². The van der Waals surface area contributed by atoms with Gasteiger partial charge in [-0.2, -0.15) is 0 Å². The first-order valence-electron chi connectivity index (χ1n) is 22.8. The molecule has 4 aliphatic carbocycles. The number of hydrogen-bond donors (Lipinski definition) is 9. The van der Waals surface area contributed by atoms with Crippen LogP contribution in [-0.4, -0.2) is 110 Å². The second kappa shape index (κ2) is 19.2. The fourth-order valence-corrected chi connectivity index (χ4v) is 14.5. The van der Waals surface area contributed by atoms with Crippen molar-refractivity contribution in [2.75, 3.05) is 24.6 Å². The Morgan fingerprint density at radius 2 is 1.89 bits per heavy atom. The number of rotatable bonds is 2. The molecule has 3 spiro atoms. The minimum Gasteiger partial charge on any atom is -0.504 e. The molecule has 9 rings (SSSR count). The number of benzene rings is 1. The highest BCUT2D eigenvalue weighted by atomic mass is 33.1. The average molecular weight is 882 g/mol. The Morgan fingerprint density at radius 1 is 1.05 bits per heavy atom. The van der Waals surface area contributed by atoms with Crippen molar-refractivity contribution in [2.45, 2.75) is 164 Å². The van der Waals surface area contributed by atoms with E-state index < -0.39 is 53.9 Å². The number of aliphatic hydroxyl groups excluding tert-OH is 3. The zero-order valence-corrected chi connectivity index (χ0v) is 37.2. The highest BCUT2D eigenvalue weighted by Gasteiger charge is 2.50. The fraction of sp³-hybridized carbons (Fsp3) is 0.739. The second-order valence-electron chi connectivity index (χ2n) is 19.1. The molecule has 13 nitrogen and oxygen atoms in total. The van der Waals surface area contributed by atoms with Crippen LogP contribution in [0.25, 0.3) is 0 Å². The molecule has 8 bridgehead atoms. The van der Waals surface area contributed by atoms with Crippen molar-refractivity contribution in [3.8, 4) is 23.3 Å². The van der Waals surface area contributed by atoms with Gasteiger partial charge in [0.2, 0.25) is 0 Å². The van der Waals surface area contributed by atoms with Gasteiger partial charge in [-0.15, -0.1) is 0 Å². The molecule has 1 saturated heterocycles. The van der Waals surface area contributed by atoms with Crippen molar-refractivity contribution < 1.29 is 39.8 Å². The summed E-state index contributed by atoms with van der Waals surface area (Å²) < 4.78 is 12.9. The summed E-state index contributed by atoms with van der Waals surface area (Å²) in [6, 6.07) is 2.66. The SMILES string of the molecule is CC(=O)O[C@H]1C[C@@H](O)CC[C@]23C#C[C@H]4C[C@@H]5CC[C@@H](NCCSSCC6(CCCCC6)NC(N)=N[C@@H]2C=CC[C@@H]3O)[C@]2(C5)C[C@H](CCN2)Oc2cc(c(C(O)O)cc2O)C[C@H]14. The average Bonchev–Trinajstić information content (AvgIpc) is 3.21. The Bertz CT molecular complexity index is 1850. The third kappa shape index (κ3) is 10.0. The number of piperidine rings is 1. The fourth-order valence-electron chi connectivity index (χ4n) is 12.0. The van der Waals surface area contributed by atoms with Gasteiger partial charge >= 0.3 is 5.97 Å². The highest BCUT2D eigenvalue weighted by Crippen LogP contribution is 2.47. The van der Waals surface area contributed by atoms with E-state index in [9.17, 15) is 30.3 Å². The van der Waals surface area contributed by atoms with Crippen LogP contribution in [-0.2, 0) is 16.0 Å². The minimum absolute atomic E-state index is 0.126. The summed E-state index contributed by atoms with van der Waals surface area (Å²) in [7, 11) is 3.78. The van der Waals surface area contributed by atoms with Gasteiger partial charge in [-0.3, -0.25) is 4.79 Å². The molecule has 10 N–H and O–H groups in total. The number of aliphatic imine (C=N–C) groups is 1. The molecule has 61 heavy (non-hydrogen) atoms. The Kier molecular flexibility index (Phi) is 14.1. The van der Waals surface area contributed by atoms with Crippen LogP contribution < -0.4 is 26.4 Å². The summed E-state index contributed by atoms with van der Waals surface area (Å²) in [5, 5.41) is 68.5. The number of nitrogens with zero attached hydrogens (tertiary/aromatic N) is 1. The smallest absolute Gasteiger partial charge is 0.302 e. The maximum Gasteiger partial charge on any atom is 0.302 e. The van der Waals surface area contributed by atoms with E-state index >= 15 is 0 Å². The van der Waals surface area contributed by atoms with E-state index in [2.05, 4.69) is 27.8 Å². The lowest BCUT2D eigenvalue weighted by Crippen LogP contribution is -2.66. The molecule has 1 aromatic rings. The molecule has 0 aromatic heterocycles. The lowest BCUT2D eigenvalue weighted by Gasteiger charge is -2.52. The minimum atomic E-state index is -1.90. The number of phenolic OH excluding ortho intramolecular Hbond substituents is 1. The normalized spacial score (nSPS) is 38.1. The van der Waals surface area contributed by atoms with Crippen LogP contribution in [0.4, 0.5) is 0 Å². The van der Waals surface area contributed by atoms with Gasteiger partial charge in [-0.1, -0.05) is 64.8 Å². The Morgan fingerprint density at radius 3 is 2.69 bits per heavy atom. The van der Waals surface area contributed by atoms with Crippen LogP contribution >= 0.6 is 21.6 Å². The number of carbonyl (C=O) groups is 1. The molecule has 3 fully saturated rings. The molecule has 4 aliphatic heterocycles. The van der Waals surface area contributed by atoms with Gasteiger partial charge in [0.15, 0.2) is 23.7 Å². The molecule has 8 aliphatic rings. The third-order valence-corrected chi connectivity index (χ3v) is 17.6. The van der Waals surface area contributed by atoms with Crippen molar-refractivity contribution in [3.05, 3.63) is 35.4 Å². The molecule has 336 valence electrons. The van der Waals surface area contributed by atoms with Gasteiger partial charge < -0.3 is 56.7 Å². The van der Waals surface area contributed by atoms with Crippen molar-refractivity contribution in [1.82, 2.24) is 16.0 Å². The molecule has 0 radical (unpaired) electrons. The first-order valence-corrected chi connectivity index (χ1v) is 25.3. The number of aromatic hydroxyl groups is 1. The molecule has 2 saturated carbocycles. The molecule has 0 unspecified atom stereocenters. The van der Waals surface area contributed by atoms with Gasteiger partial charge in [0.1, 0.15) is 12.2 Å². The summed E-state index contributed by atoms with van der Waals surface area (Å²) in [5.41, 5.74) is 5.97. The van der Waals surface area contributed by atoms with Crippen molar-refractivity contribution in [3.63, 3.8) is 0 Å². The second-order valence-corrected chi connectivity index (χ2v) is 21.7. The number of nitrogens with one attached hydrogen (secondary N) is 3. The van der Waals surface area contributed by atoms with E-state index in [0.717, 1.165) is 82.4 Å². The van der Waals surface area contributed by atoms with Crippen molar-refractivity contribution >= 4 is 33.5 Å². The molecule has 4 heterocycles. The molecule has 11 atom stereocenters. The number of guanidine groups is 1. The standard InChI is InChI=1S/C46H67N5O8S2/c1-28(52)58-37-23-32(53)11-16-45-15-10-30-20-29-8-9-40(46(25-29)26-33(12-17-49-46)59-38-22-31(21-34(30)37)35(42(56)57)24-36(38)54)48-18-19-60-61-27-44(13-3-2-4-14-44)51-43(47)50-39(45)6-5-7-41(45)55/h5-6,22,24,29-30,32-34,37,39-42,48-49,53-57H,2-4,7-9,11-14,16-21,23,25-27H2,1H3,(H3,47,50,51)/t29-,30-,32-,33-,34-,37-,39+,40+,41-,45+,46-/m0/s1. The number of ether oxygens (including phenoxy) is 2. The molecule has 1 aromatic carbocycles. The number of nitrogens with two attached hydrogens (primary N) is 1. The van der Waals surface area contributed by atoms with E-state index in [1.807, 2.05) is 33.7 Å². The van der Waals surface area contributed by atoms with Crippen LogP contribution in [0.15, 0.2) is 29.3 Å². The summed E-state index contributed by atoms with van der Waals surface area (Å²) in [6.45, 7) is 2.97. The quantitative estimate of drug-likeness (QED) is 0.0666. The van der Waals surface area contributed by atoms with Gasteiger partial charge in [-0.05, 0) is 101 Å². The summed E-state index contributed by atoms with van der Waals surface area (Å²) >= 11 is 0. The van der Waals surface area contributed by atoms with Gasteiger partial charge in [0.05, 0.1) is 23.7 Å². The maximum atomic E-state index is 12.9. The predicted octanol–water partition coefficient (Wildman–Crippen LogP) is 4.34. The van der Waals surface area contributed by atoms with E-state index in [1.54, 1.807) is 6.07 Å². The van der Waals surface area contributed by atoms with E-state index in [-0.39, 0.29) is 65.5 Å². The lowest BCUT2D eigenvalue weighted by atomic mass is 9.64. The predicted molar refractivity (Wildman–Crippen MR) is 239 cm³/mol. The molecule has 15 heteroatoms. The summed E-state index contributed by atoms with van der Waals surface area (Å²) in [6.07, 6.45) is 10.9. The number of carbonyl (C=O) groups excluding carboxylic acids is 1. The van der Waals surface area contributed by atoms with Crippen LogP contribution in [0.3, 0.4) is 0 Å². The summed E-state index contributed by atoms with van der Waals surface area (Å²) in [4.78, 5) is 18.1. The number of phenols is 1. The zero-order chi connectivity index (χ0) is 42.8. The van der Waals surface area contributed by atoms with Crippen LogP contribution in [0, 0.1) is 35.0 Å². The monoisotopic (exact) mass is 881 g/mol. The number of esters is 1. The summed E-state index contributed by atoms with van der Waals surface area (Å²) in [5.74, 6) is 8.49. The first-order chi connectivity index (χ1) is 29.4. The Labute approximate surface area is 368 Å². The number of aliphatic hydroxyl groups is 4. The van der Waals surface area contributed by atoms with Crippen LogP contribution in [0.1, 0.15) is 121 Å². The van der Waals surface area contributed by atoms with Crippen LogP contribution in [0.5, 0.6) is 11.5 Å². The molecule has 0 amide bonds. The number of fused-ring (bicyclic) bond motifs is 10. The molecular formula is C46H67N5O8S2. The van der Waals surface area contributed by atoms with E-state index in [4.69, 9.17) is 20.2 Å². The Balaban J connectivity index is 1.31. The zero-order valence-electron chi connectivity index (χ0n) is 35.5. The van der Waals surface area contributed by atoms with Crippen molar-refractivity contribution in [1.29, 1.82) is 0 Å². The highest BCUT2D eigenvalue weighted by molar-refractivity contribution is 8.76. The number of hydrogen-bond acceptors (Lipinski definition) is 15.